The lowest BCUT2D eigenvalue weighted by atomic mass is 9.90. The van der Waals surface area contributed by atoms with E-state index >= 15 is 0 Å². The topological polar surface area (TPSA) is 74.3 Å². The lowest BCUT2D eigenvalue weighted by Gasteiger charge is -2.19. The van der Waals surface area contributed by atoms with E-state index in [2.05, 4.69) is 16.4 Å². The summed E-state index contributed by atoms with van der Waals surface area (Å²) in [5, 5.41) is 13.6. The number of phenolic OH excluding ortho intramolecular Hbond substituents is 1. The summed E-state index contributed by atoms with van der Waals surface area (Å²) in [6.07, 6.45) is 2.29. The molecular weight excluding hydrogens is 376 g/mol. The Morgan fingerprint density at radius 1 is 1.03 bits per heavy atom. The minimum Gasteiger partial charge on any atom is -0.508 e. The molecule has 0 saturated carbocycles. The van der Waals surface area contributed by atoms with Crippen LogP contribution in [-0.4, -0.2) is 29.7 Å². The number of carbonyl (C=O) groups is 1. The Hall–Kier alpha value is -3.73. The lowest BCUT2D eigenvalue weighted by Crippen LogP contribution is -2.30. The summed E-state index contributed by atoms with van der Waals surface area (Å²) in [7, 11) is 1.65. The first-order valence-electron chi connectivity index (χ1n) is 9.88. The second-order valence-electron chi connectivity index (χ2n) is 7.26. The molecule has 1 amide bonds. The SMILES string of the molecule is COc1ccc(C(CNC(=O)Cc2ccc(O)cc2)c2c[nH]c3ccccc23)cc1. The van der Waals surface area contributed by atoms with Gasteiger partial charge in [-0.15, -0.1) is 0 Å². The van der Waals surface area contributed by atoms with E-state index in [1.54, 1.807) is 31.4 Å². The molecule has 5 heteroatoms. The van der Waals surface area contributed by atoms with Crippen molar-refractivity contribution in [1.82, 2.24) is 10.3 Å². The molecule has 0 aliphatic rings. The van der Waals surface area contributed by atoms with Gasteiger partial charge in [-0.3, -0.25) is 4.79 Å². The van der Waals surface area contributed by atoms with Gasteiger partial charge in [-0.25, -0.2) is 0 Å². The van der Waals surface area contributed by atoms with E-state index in [1.165, 1.54) is 0 Å². The van der Waals surface area contributed by atoms with Gasteiger partial charge in [-0.05, 0) is 47.0 Å². The number of aromatic nitrogens is 1. The van der Waals surface area contributed by atoms with E-state index < -0.39 is 0 Å². The second kappa shape index (κ2) is 8.74. The maximum atomic E-state index is 12.6. The zero-order chi connectivity index (χ0) is 20.9. The molecule has 0 aliphatic heterocycles. The predicted molar refractivity (Wildman–Crippen MR) is 118 cm³/mol. The maximum absolute atomic E-state index is 12.6. The minimum absolute atomic E-state index is 0.00387. The Kier molecular flexibility index (Phi) is 5.70. The molecule has 4 rings (SSSR count). The highest BCUT2D eigenvalue weighted by molar-refractivity contribution is 5.84. The molecular formula is C25H24N2O3. The number of aromatic hydroxyl groups is 1. The Bertz CT molecular complexity index is 1130. The number of H-pyrrole nitrogens is 1. The smallest absolute Gasteiger partial charge is 0.224 e. The molecule has 3 N–H and O–H groups in total. The van der Waals surface area contributed by atoms with Crippen LogP contribution in [0.5, 0.6) is 11.5 Å². The van der Waals surface area contributed by atoms with Gasteiger partial charge in [0, 0.05) is 29.6 Å². The summed E-state index contributed by atoms with van der Waals surface area (Å²) < 4.78 is 5.29. The molecule has 152 valence electrons. The summed E-state index contributed by atoms with van der Waals surface area (Å²) in [6.45, 7) is 0.477. The monoisotopic (exact) mass is 400 g/mol. The van der Waals surface area contributed by atoms with Crippen molar-refractivity contribution in [3.63, 3.8) is 0 Å². The van der Waals surface area contributed by atoms with Crippen LogP contribution in [0.15, 0.2) is 79.0 Å². The average molecular weight is 400 g/mol. The number of fused-ring (bicyclic) bond motifs is 1. The van der Waals surface area contributed by atoms with E-state index in [9.17, 15) is 9.90 Å². The van der Waals surface area contributed by atoms with Crippen molar-refractivity contribution in [3.05, 3.63) is 95.7 Å². The Balaban J connectivity index is 1.57. The molecule has 0 aliphatic carbocycles. The molecule has 0 bridgehead atoms. The molecule has 0 radical (unpaired) electrons. The Morgan fingerprint density at radius 2 is 1.77 bits per heavy atom. The fraction of sp³-hybridized carbons (Fsp3) is 0.160. The van der Waals surface area contributed by atoms with Crippen molar-refractivity contribution in [1.29, 1.82) is 0 Å². The third kappa shape index (κ3) is 4.30. The molecule has 1 atom stereocenters. The van der Waals surface area contributed by atoms with Crippen LogP contribution in [0.1, 0.15) is 22.6 Å². The van der Waals surface area contributed by atoms with Crippen molar-refractivity contribution in [2.24, 2.45) is 0 Å². The van der Waals surface area contributed by atoms with Crippen LogP contribution >= 0.6 is 0 Å². The van der Waals surface area contributed by atoms with Gasteiger partial charge in [0.15, 0.2) is 0 Å². The molecule has 0 saturated heterocycles. The van der Waals surface area contributed by atoms with E-state index in [0.29, 0.717) is 6.54 Å². The number of methoxy groups -OCH3 is 1. The highest BCUT2D eigenvalue weighted by Crippen LogP contribution is 2.31. The first-order valence-corrected chi connectivity index (χ1v) is 9.88. The number of carbonyl (C=O) groups excluding carboxylic acids is 1. The number of benzene rings is 3. The van der Waals surface area contributed by atoms with E-state index in [1.807, 2.05) is 48.7 Å². The van der Waals surface area contributed by atoms with Gasteiger partial charge >= 0.3 is 0 Å². The summed E-state index contributed by atoms with van der Waals surface area (Å²) >= 11 is 0. The third-order valence-corrected chi connectivity index (χ3v) is 5.32. The van der Waals surface area contributed by atoms with Crippen molar-refractivity contribution in [3.8, 4) is 11.5 Å². The quantitative estimate of drug-likeness (QED) is 0.431. The number of hydrogen-bond donors (Lipinski definition) is 3. The summed E-state index contributed by atoms with van der Waals surface area (Å²) in [4.78, 5) is 15.9. The largest absolute Gasteiger partial charge is 0.508 e. The van der Waals surface area contributed by atoms with Crippen LogP contribution in [0.3, 0.4) is 0 Å². The van der Waals surface area contributed by atoms with Gasteiger partial charge in [-0.2, -0.15) is 0 Å². The summed E-state index contributed by atoms with van der Waals surface area (Å²) in [5.41, 5.74) is 4.17. The highest BCUT2D eigenvalue weighted by Gasteiger charge is 2.19. The Labute approximate surface area is 175 Å². The Morgan fingerprint density at radius 3 is 2.50 bits per heavy atom. The summed E-state index contributed by atoms with van der Waals surface area (Å²) in [5.74, 6) is 0.931. The van der Waals surface area contributed by atoms with Gasteiger partial charge in [0.1, 0.15) is 11.5 Å². The number of rotatable bonds is 7. The molecule has 5 nitrogen and oxygen atoms in total. The number of hydrogen-bond acceptors (Lipinski definition) is 3. The predicted octanol–water partition coefficient (Wildman–Crippen LogP) is 4.37. The molecule has 4 aromatic rings. The molecule has 1 unspecified atom stereocenters. The number of aromatic amines is 1. The van der Waals surface area contributed by atoms with E-state index in [4.69, 9.17) is 4.74 Å². The first-order chi connectivity index (χ1) is 14.6. The molecule has 30 heavy (non-hydrogen) atoms. The molecule has 1 aromatic heterocycles. The minimum atomic E-state index is -0.0564. The fourth-order valence-corrected chi connectivity index (χ4v) is 3.70. The van der Waals surface area contributed by atoms with E-state index in [-0.39, 0.29) is 24.0 Å². The van der Waals surface area contributed by atoms with Crippen LogP contribution in [0.2, 0.25) is 0 Å². The van der Waals surface area contributed by atoms with Crippen molar-refractivity contribution in [2.75, 3.05) is 13.7 Å². The van der Waals surface area contributed by atoms with Gasteiger partial charge in [0.25, 0.3) is 0 Å². The van der Waals surface area contributed by atoms with E-state index in [0.717, 1.165) is 33.3 Å². The fourth-order valence-electron chi connectivity index (χ4n) is 3.70. The first kappa shape index (κ1) is 19.6. The van der Waals surface area contributed by atoms with Crippen LogP contribution in [0.25, 0.3) is 10.9 Å². The molecule has 1 heterocycles. The molecule has 0 spiro atoms. The number of ether oxygens (including phenoxy) is 1. The second-order valence-corrected chi connectivity index (χ2v) is 7.26. The van der Waals surface area contributed by atoms with Gasteiger partial charge in [0.05, 0.1) is 13.5 Å². The molecule has 3 aromatic carbocycles. The zero-order valence-electron chi connectivity index (χ0n) is 16.8. The van der Waals surface area contributed by atoms with Gasteiger partial charge < -0.3 is 20.1 Å². The highest BCUT2D eigenvalue weighted by atomic mass is 16.5. The number of para-hydroxylation sites is 1. The number of phenols is 1. The van der Waals surface area contributed by atoms with Crippen LogP contribution in [0.4, 0.5) is 0 Å². The third-order valence-electron chi connectivity index (χ3n) is 5.32. The van der Waals surface area contributed by atoms with Crippen molar-refractivity contribution in [2.45, 2.75) is 12.3 Å². The number of nitrogens with one attached hydrogen (secondary N) is 2. The standard InChI is InChI=1S/C25H24N2O3/c1-30-20-12-8-18(9-13-20)22(23-16-26-24-5-3-2-4-21(23)24)15-27-25(29)14-17-6-10-19(28)11-7-17/h2-13,16,22,26,28H,14-15H2,1H3,(H,27,29). The molecule has 0 fully saturated rings. The zero-order valence-corrected chi connectivity index (χ0v) is 16.8. The van der Waals surface area contributed by atoms with Gasteiger partial charge in [-0.1, -0.05) is 42.5 Å². The van der Waals surface area contributed by atoms with Crippen molar-refractivity contribution < 1.29 is 14.6 Å². The number of amides is 1. The maximum Gasteiger partial charge on any atom is 0.224 e. The van der Waals surface area contributed by atoms with Crippen LogP contribution < -0.4 is 10.1 Å². The van der Waals surface area contributed by atoms with Crippen LogP contribution in [-0.2, 0) is 11.2 Å². The van der Waals surface area contributed by atoms with Gasteiger partial charge in [0.2, 0.25) is 5.91 Å². The summed E-state index contributed by atoms with van der Waals surface area (Å²) in [6, 6.07) is 22.8. The average Bonchev–Trinajstić information content (AvgIpc) is 3.20. The lowest BCUT2D eigenvalue weighted by molar-refractivity contribution is -0.120. The normalized spacial score (nSPS) is 11.9. The van der Waals surface area contributed by atoms with Crippen molar-refractivity contribution >= 4 is 16.8 Å². The van der Waals surface area contributed by atoms with Crippen LogP contribution in [0, 0.1) is 0 Å².